The third kappa shape index (κ3) is 3.24. The van der Waals surface area contributed by atoms with Crippen molar-refractivity contribution in [2.75, 3.05) is 19.6 Å². The van der Waals surface area contributed by atoms with E-state index in [9.17, 15) is 0 Å². The van der Waals surface area contributed by atoms with Crippen molar-refractivity contribution in [1.82, 2.24) is 4.90 Å². The Morgan fingerprint density at radius 2 is 1.95 bits per heavy atom. The number of benzene rings is 1. The third-order valence-electron chi connectivity index (χ3n) is 5.30. The van der Waals surface area contributed by atoms with E-state index in [0.29, 0.717) is 5.41 Å². The highest BCUT2D eigenvalue weighted by atomic mass is 15.2. The Bertz CT molecular complexity index is 449. The number of hydrogen-bond donors (Lipinski definition) is 1. The van der Waals surface area contributed by atoms with Crippen molar-refractivity contribution >= 4 is 0 Å². The number of likely N-dealkylation sites (tertiary alicyclic amines) is 1. The van der Waals surface area contributed by atoms with Crippen LogP contribution in [0.4, 0.5) is 0 Å². The first-order valence-corrected chi connectivity index (χ1v) is 8.05. The van der Waals surface area contributed by atoms with Crippen molar-refractivity contribution in [3.63, 3.8) is 0 Å². The van der Waals surface area contributed by atoms with E-state index in [4.69, 9.17) is 5.73 Å². The van der Waals surface area contributed by atoms with Crippen LogP contribution in [0.15, 0.2) is 18.2 Å². The molecule has 1 aromatic carbocycles. The van der Waals surface area contributed by atoms with Crippen LogP contribution in [0.1, 0.15) is 55.8 Å². The van der Waals surface area contributed by atoms with Crippen molar-refractivity contribution in [3.8, 4) is 0 Å². The second kappa shape index (κ2) is 6.28. The number of rotatable bonds is 5. The summed E-state index contributed by atoms with van der Waals surface area (Å²) in [7, 11) is 0. The molecule has 1 aliphatic rings. The van der Waals surface area contributed by atoms with E-state index >= 15 is 0 Å². The summed E-state index contributed by atoms with van der Waals surface area (Å²) in [4.78, 5) is 2.57. The molecule has 0 radical (unpaired) electrons. The molecule has 2 rings (SSSR count). The van der Waals surface area contributed by atoms with Gasteiger partial charge in [-0.05, 0) is 56.2 Å². The fraction of sp³-hybridized carbons (Fsp3) is 0.667. The molecule has 0 amide bonds. The third-order valence-corrected chi connectivity index (χ3v) is 5.30. The quantitative estimate of drug-likeness (QED) is 0.884. The van der Waals surface area contributed by atoms with Crippen LogP contribution in [0.2, 0.25) is 0 Å². The summed E-state index contributed by atoms with van der Waals surface area (Å²) in [5.74, 6) is 0. The maximum Gasteiger partial charge on any atom is 0.0426 e. The Kier molecular flexibility index (Phi) is 4.87. The fourth-order valence-electron chi connectivity index (χ4n) is 3.63. The Morgan fingerprint density at radius 3 is 2.50 bits per heavy atom. The van der Waals surface area contributed by atoms with E-state index in [2.05, 4.69) is 50.8 Å². The van der Waals surface area contributed by atoms with Gasteiger partial charge in [0.25, 0.3) is 0 Å². The minimum absolute atomic E-state index is 0.139. The van der Waals surface area contributed by atoms with Crippen LogP contribution < -0.4 is 5.73 Å². The molecule has 0 spiro atoms. The maximum absolute atomic E-state index is 6.46. The average Bonchev–Trinajstić information content (AvgIpc) is 2.82. The van der Waals surface area contributed by atoms with Gasteiger partial charge < -0.3 is 10.6 Å². The Hall–Kier alpha value is -0.860. The monoisotopic (exact) mass is 274 g/mol. The molecule has 1 fully saturated rings. The van der Waals surface area contributed by atoms with Crippen molar-refractivity contribution < 1.29 is 0 Å². The summed E-state index contributed by atoms with van der Waals surface area (Å²) < 4.78 is 0. The zero-order valence-corrected chi connectivity index (χ0v) is 13.6. The lowest BCUT2D eigenvalue weighted by Gasteiger charge is -2.28. The SMILES string of the molecule is CCC1(CC)CCN(CC(N)c2ccc(C)cc2C)C1. The van der Waals surface area contributed by atoms with Gasteiger partial charge in [0, 0.05) is 19.1 Å². The van der Waals surface area contributed by atoms with Gasteiger partial charge in [-0.1, -0.05) is 37.6 Å². The zero-order valence-electron chi connectivity index (χ0n) is 13.6. The molecule has 112 valence electrons. The van der Waals surface area contributed by atoms with Gasteiger partial charge in [-0.3, -0.25) is 0 Å². The van der Waals surface area contributed by atoms with Gasteiger partial charge in [-0.25, -0.2) is 0 Å². The maximum atomic E-state index is 6.46. The van der Waals surface area contributed by atoms with Gasteiger partial charge in [0.1, 0.15) is 0 Å². The van der Waals surface area contributed by atoms with E-state index < -0.39 is 0 Å². The Morgan fingerprint density at radius 1 is 1.25 bits per heavy atom. The first-order chi connectivity index (χ1) is 9.49. The molecule has 2 N–H and O–H groups in total. The highest BCUT2D eigenvalue weighted by Gasteiger charge is 2.35. The normalized spacial score (nSPS) is 20.2. The van der Waals surface area contributed by atoms with Gasteiger partial charge in [0.05, 0.1) is 0 Å². The fourth-order valence-corrected chi connectivity index (χ4v) is 3.63. The van der Waals surface area contributed by atoms with Gasteiger partial charge in [-0.15, -0.1) is 0 Å². The molecule has 1 aromatic rings. The molecule has 1 unspecified atom stereocenters. The molecule has 1 saturated heterocycles. The topological polar surface area (TPSA) is 29.3 Å². The van der Waals surface area contributed by atoms with Crippen LogP contribution in [0.5, 0.6) is 0 Å². The molecule has 0 aliphatic carbocycles. The van der Waals surface area contributed by atoms with Gasteiger partial charge in [0.15, 0.2) is 0 Å². The predicted molar refractivity (Wildman–Crippen MR) is 86.9 cm³/mol. The van der Waals surface area contributed by atoms with E-state index in [-0.39, 0.29) is 6.04 Å². The minimum atomic E-state index is 0.139. The number of hydrogen-bond acceptors (Lipinski definition) is 2. The summed E-state index contributed by atoms with van der Waals surface area (Å²) in [6, 6.07) is 6.76. The van der Waals surface area contributed by atoms with Gasteiger partial charge in [0.2, 0.25) is 0 Å². The van der Waals surface area contributed by atoms with Crippen LogP contribution >= 0.6 is 0 Å². The molecule has 20 heavy (non-hydrogen) atoms. The van der Waals surface area contributed by atoms with Crippen LogP contribution in [-0.2, 0) is 0 Å². The van der Waals surface area contributed by atoms with Crippen molar-refractivity contribution in [2.24, 2.45) is 11.1 Å². The van der Waals surface area contributed by atoms with Crippen molar-refractivity contribution in [2.45, 2.75) is 53.0 Å². The highest BCUT2D eigenvalue weighted by molar-refractivity contribution is 5.32. The second-order valence-corrected chi connectivity index (χ2v) is 6.66. The molecule has 1 aliphatic heterocycles. The van der Waals surface area contributed by atoms with Crippen LogP contribution in [-0.4, -0.2) is 24.5 Å². The highest BCUT2D eigenvalue weighted by Crippen LogP contribution is 2.37. The predicted octanol–water partition coefficient (Wildman–Crippen LogP) is 3.82. The van der Waals surface area contributed by atoms with Crippen LogP contribution in [0.25, 0.3) is 0 Å². The van der Waals surface area contributed by atoms with Gasteiger partial charge in [-0.2, -0.15) is 0 Å². The molecule has 1 atom stereocenters. The second-order valence-electron chi connectivity index (χ2n) is 6.66. The standard InChI is InChI=1S/C18H30N2/c1-5-18(6-2)9-10-20(13-18)12-17(19)16-8-7-14(3)11-15(16)4/h7-8,11,17H,5-6,9-10,12-13,19H2,1-4H3. The summed E-state index contributed by atoms with van der Waals surface area (Å²) in [6.07, 6.45) is 3.91. The molecule has 0 saturated carbocycles. The lowest BCUT2D eigenvalue weighted by Crippen LogP contribution is -2.33. The molecular formula is C18H30N2. The summed E-state index contributed by atoms with van der Waals surface area (Å²) in [5, 5.41) is 0. The summed E-state index contributed by atoms with van der Waals surface area (Å²) >= 11 is 0. The Balaban J connectivity index is 2.00. The molecule has 2 heteroatoms. The molecule has 1 heterocycles. The first-order valence-electron chi connectivity index (χ1n) is 8.05. The molecular weight excluding hydrogens is 244 g/mol. The number of aryl methyl sites for hydroxylation is 2. The molecule has 0 aromatic heterocycles. The summed E-state index contributed by atoms with van der Waals surface area (Å²) in [6.45, 7) is 12.4. The van der Waals surface area contributed by atoms with Gasteiger partial charge >= 0.3 is 0 Å². The molecule has 2 nitrogen and oxygen atoms in total. The number of nitrogens with two attached hydrogens (primary N) is 1. The van der Waals surface area contributed by atoms with Crippen molar-refractivity contribution in [3.05, 3.63) is 34.9 Å². The molecule has 0 bridgehead atoms. The largest absolute Gasteiger partial charge is 0.323 e. The first kappa shape index (κ1) is 15.5. The van der Waals surface area contributed by atoms with Crippen LogP contribution in [0, 0.1) is 19.3 Å². The minimum Gasteiger partial charge on any atom is -0.323 e. The Labute approximate surface area is 124 Å². The lowest BCUT2D eigenvalue weighted by molar-refractivity contribution is 0.233. The number of nitrogens with zero attached hydrogens (tertiary/aromatic N) is 1. The smallest absolute Gasteiger partial charge is 0.0426 e. The van der Waals surface area contributed by atoms with E-state index in [1.165, 1.54) is 49.0 Å². The van der Waals surface area contributed by atoms with Crippen LogP contribution in [0.3, 0.4) is 0 Å². The van der Waals surface area contributed by atoms with Crippen molar-refractivity contribution in [1.29, 1.82) is 0 Å². The van der Waals surface area contributed by atoms with E-state index in [1.54, 1.807) is 0 Å². The zero-order chi connectivity index (χ0) is 14.8. The lowest BCUT2D eigenvalue weighted by atomic mass is 9.82. The summed E-state index contributed by atoms with van der Waals surface area (Å²) in [5.41, 5.74) is 10.9. The van der Waals surface area contributed by atoms with E-state index in [0.717, 1.165) is 6.54 Å². The van der Waals surface area contributed by atoms with E-state index in [1.807, 2.05) is 0 Å². The average molecular weight is 274 g/mol.